The van der Waals surface area contributed by atoms with Crippen LogP contribution in [0.4, 0.5) is 5.82 Å². The fraction of sp³-hybridized carbons (Fsp3) is 0.364. The minimum atomic E-state index is -0.951. The zero-order chi connectivity index (χ0) is 20.4. The number of anilines is 1. The molecule has 0 bridgehead atoms. The first kappa shape index (κ1) is 19.3. The molecule has 2 aromatic rings. The molecule has 1 atom stereocenters. The van der Waals surface area contributed by atoms with Crippen molar-refractivity contribution in [3.63, 3.8) is 0 Å². The molecule has 7 nitrogen and oxygen atoms in total. The largest absolute Gasteiger partial charge is 0.381 e. The lowest BCUT2D eigenvalue weighted by Gasteiger charge is -2.34. The SMILES string of the molecule is CC1(C)ON=C(c2ccc(C(=O)N(c3ccccn3)[C@@H]3CCCNC3)cc2)C1=O. The molecule has 2 aliphatic heterocycles. The molecule has 0 spiro atoms. The molecule has 0 unspecified atom stereocenters. The molecule has 29 heavy (non-hydrogen) atoms. The smallest absolute Gasteiger partial charge is 0.259 e. The Morgan fingerprint density at radius 3 is 2.59 bits per heavy atom. The summed E-state index contributed by atoms with van der Waals surface area (Å²) in [6.07, 6.45) is 3.63. The molecule has 1 saturated heterocycles. The average Bonchev–Trinajstić information content (AvgIpc) is 3.02. The van der Waals surface area contributed by atoms with Crippen LogP contribution in [0.15, 0.2) is 53.8 Å². The highest BCUT2D eigenvalue weighted by atomic mass is 16.7. The predicted molar refractivity (Wildman–Crippen MR) is 110 cm³/mol. The Hall–Kier alpha value is -3.06. The summed E-state index contributed by atoms with van der Waals surface area (Å²) < 4.78 is 0. The van der Waals surface area contributed by atoms with Crippen LogP contribution in [0.25, 0.3) is 0 Å². The van der Waals surface area contributed by atoms with Crippen LogP contribution in [-0.4, -0.2) is 47.1 Å². The van der Waals surface area contributed by atoms with Crippen LogP contribution in [0, 0.1) is 0 Å². The lowest BCUT2D eigenvalue weighted by molar-refractivity contribution is -0.128. The Bertz CT molecular complexity index is 932. The van der Waals surface area contributed by atoms with Crippen molar-refractivity contribution in [2.45, 2.75) is 38.3 Å². The molecule has 0 saturated carbocycles. The first-order valence-corrected chi connectivity index (χ1v) is 9.84. The van der Waals surface area contributed by atoms with E-state index in [0.717, 1.165) is 25.9 Å². The van der Waals surface area contributed by atoms with Crippen LogP contribution in [0.2, 0.25) is 0 Å². The van der Waals surface area contributed by atoms with Crippen LogP contribution >= 0.6 is 0 Å². The zero-order valence-electron chi connectivity index (χ0n) is 16.6. The number of carbonyl (C=O) groups excluding carboxylic acids is 2. The van der Waals surface area contributed by atoms with E-state index in [0.29, 0.717) is 16.9 Å². The number of piperidine rings is 1. The van der Waals surface area contributed by atoms with Gasteiger partial charge in [0.2, 0.25) is 5.78 Å². The normalized spacial score (nSPS) is 20.7. The Labute approximate surface area is 169 Å². The van der Waals surface area contributed by atoms with Gasteiger partial charge in [0.15, 0.2) is 11.3 Å². The lowest BCUT2D eigenvalue weighted by Crippen LogP contribution is -2.49. The van der Waals surface area contributed by atoms with Gasteiger partial charge in [0.25, 0.3) is 5.91 Å². The van der Waals surface area contributed by atoms with Gasteiger partial charge in [-0.05, 0) is 57.5 Å². The number of oxime groups is 1. The van der Waals surface area contributed by atoms with Gasteiger partial charge in [-0.25, -0.2) is 4.98 Å². The van der Waals surface area contributed by atoms with Crippen molar-refractivity contribution in [2.75, 3.05) is 18.0 Å². The molecule has 3 heterocycles. The first-order valence-electron chi connectivity index (χ1n) is 9.84. The van der Waals surface area contributed by atoms with E-state index < -0.39 is 5.60 Å². The summed E-state index contributed by atoms with van der Waals surface area (Å²) >= 11 is 0. The van der Waals surface area contributed by atoms with Crippen molar-refractivity contribution in [1.82, 2.24) is 10.3 Å². The van der Waals surface area contributed by atoms with Crippen LogP contribution in [-0.2, 0) is 9.63 Å². The number of pyridine rings is 1. The topological polar surface area (TPSA) is 83.9 Å². The molecule has 1 fully saturated rings. The highest BCUT2D eigenvalue weighted by molar-refractivity contribution is 6.49. The summed E-state index contributed by atoms with van der Waals surface area (Å²) in [5.74, 6) is 0.362. The maximum Gasteiger partial charge on any atom is 0.259 e. The molecule has 1 N–H and O–H groups in total. The third kappa shape index (κ3) is 3.78. The first-order chi connectivity index (χ1) is 14.0. The van der Waals surface area contributed by atoms with E-state index in [1.165, 1.54) is 0 Å². The molecular formula is C22H24N4O3. The van der Waals surface area contributed by atoms with Crippen molar-refractivity contribution in [2.24, 2.45) is 5.16 Å². The average molecular weight is 392 g/mol. The number of hydrogen-bond acceptors (Lipinski definition) is 6. The van der Waals surface area contributed by atoms with E-state index in [1.54, 1.807) is 49.2 Å². The molecule has 4 rings (SSSR count). The number of hydrogen-bond donors (Lipinski definition) is 1. The van der Waals surface area contributed by atoms with Crippen molar-refractivity contribution in [3.05, 3.63) is 59.8 Å². The molecule has 0 radical (unpaired) electrons. The van der Waals surface area contributed by atoms with Gasteiger partial charge in [-0.3, -0.25) is 14.5 Å². The maximum absolute atomic E-state index is 13.4. The Balaban J connectivity index is 1.60. The molecule has 0 aliphatic carbocycles. The third-order valence-corrected chi connectivity index (χ3v) is 5.28. The maximum atomic E-state index is 13.4. The van der Waals surface area contributed by atoms with Crippen molar-refractivity contribution >= 4 is 23.2 Å². The Kier molecular flexibility index (Phi) is 5.15. The second kappa shape index (κ2) is 7.75. The minimum Gasteiger partial charge on any atom is -0.381 e. The van der Waals surface area contributed by atoms with E-state index in [1.807, 2.05) is 18.2 Å². The summed E-state index contributed by atoms with van der Waals surface area (Å²) in [6.45, 7) is 5.07. The molecule has 7 heteroatoms. The summed E-state index contributed by atoms with van der Waals surface area (Å²) in [7, 11) is 0. The monoisotopic (exact) mass is 392 g/mol. The molecule has 1 aromatic heterocycles. The number of amides is 1. The fourth-order valence-electron chi connectivity index (χ4n) is 3.63. The number of ketones is 1. The number of rotatable bonds is 4. The summed E-state index contributed by atoms with van der Waals surface area (Å²) in [6, 6.07) is 12.5. The van der Waals surface area contributed by atoms with E-state index in [2.05, 4.69) is 15.5 Å². The van der Waals surface area contributed by atoms with Gasteiger partial charge in [0.05, 0.1) is 6.04 Å². The quantitative estimate of drug-likeness (QED) is 0.865. The molecule has 1 amide bonds. The minimum absolute atomic E-state index is 0.0424. The number of Topliss-reactive ketones (excluding diaryl/α,β-unsaturated/α-hetero) is 1. The number of nitrogens with zero attached hydrogens (tertiary/aromatic N) is 3. The lowest BCUT2D eigenvalue weighted by atomic mass is 9.95. The fourth-order valence-corrected chi connectivity index (χ4v) is 3.63. The van der Waals surface area contributed by atoms with Crippen LogP contribution in [0.5, 0.6) is 0 Å². The molecule has 1 aromatic carbocycles. The Morgan fingerprint density at radius 2 is 2.00 bits per heavy atom. The highest BCUT2D eigenvalue weighted by Crippen LogP contribution is 2.24. The van der Waals surface area contributed by atoms with Gasteiger partial charge in [0, 0.05) is 23.9 Å². The third-order valence-electron chi connectivity index (χ3n) is 5.28. The van der Waals surface area contributed by atoms with E-state index >= 15 is 0 Å². The van der Waals surface area contributed by atoms with Crippen LogP contribution in [0.1, 0.15) is 42.6 Å². The second-order valence-corrected chi connectivity index (χ2v) is 7.81. The zero-order valence-corrected chi connectivity index (χ0v) is 16.6. The van der Waals surface area contributed by atoms with Crippen LogP contribution < -0.4 is 10.2 Å². The summed E-state index contributed by atoms with van der Waals surface area (Å²) in [5.41, 5.74) is 0.511. The van der Waals surface area contributed by atoms with Gasteiger partial charge in [0.1, 0.15) is 5.82 Å². The summed E-state index contributed by atoms with van der Waals surface area (Å²) in [5, 5.41) is 7.29. The van der Waals surface area contributed by atoms with Crippen molar-refractivity contribution in [3.8, 4) is 0 Å². The number of carbonyl (C=O) groups is 2. The van der Waals surface area contributed by atoms with Crippen molar-refractivity contribution < 1.29 is 14.4 Å². The van der Waals surface area contributed by atoms with Gasteiger partial charge in [-0.2, -0.15) is 0 Å². The van der Waals surface area contributed by atoms with E-state index in [9.17, 15) is 9.59 Å². The standard InChI is InChI=1S/C22H24N4O3/c1-22(2)20(27)19(25-29-22)15-8-10-16(11-9-15)21(28)26(17-6-5-12-23-14-17)18-7-3-4-13-24-18/h3-4,7-11,13,17,23H,5-6,12,14H2,1-2H3/t17-/m1/s1. The van der Waals surface area contributed by atoms with Gasteiger partial charge in [-0.15, -0.1) is 0 Å². The van der Waals surface area contributed by atoms with E-state index in [-0.39, 0.29) is 23.4 Å². The summed E-state index contributed by atoms with van der Waals surface area (Å²) in [4.78, 5) is 37.2. The van der Waals surface area contributed by atoms with Gasteiger partial charge >= 0.3 is 0 Å². The van der Waals surface area contributed by atoms with Gasteiger partial charge in [-0.1, -0.05) is 23.4 Å². The predicted octanol–water partition coefficient (Wildman–Crippen LogP) is 2.56. The molecule has 150 valence electrons. The molecule has 2 aliphatic rings. The van der Waals surface area contributed by atoms with Crippen molar-refractivity contribution in [1.29, 1.82) is 0 Å². The van der Waals surface area contributed by atoms with Gasteiger partial charge < -0.3 is 10.2 Å². The number of benzene rings is 1. The molecular weight excluding hydrogens is 368 g/mol. The highest BCUT2D eigenvalue weighted by Gasteiger charge is 2.40. The number of aromatic nitrogens is 1. The number of nitrogens with one attached hydrogen (secondary N) is 1. The Morgan fingerprint density at radius 1 is 1.21 bits per heavy atom. The van der Waals surface area contributed by atoms with E-state index in [4.69, 9.17) is 4.84 Å². The second-order valence-electron chi connectivity index (χ2n) is 7.81. The van der Waals surface area contributed by atoms with Crippen LogP contribution in [0.3, 0.4) is 0 Å².